The molecule has 0 aliphatic carbocycles. The molecule has 0 radical (unpaired) electrons. The van der Waals surface area contributed by atoms with Gasteiger partial charge in [-0.1, -0.05) is 29.8 Å². The van der Waals surface area contributed by atoms with Gasteiger partial charge in [0.25, 0.3) is 10.0 Å². The molecular weight excluding hydrogens is 410 g/mol. The second kappa shape index (κ2) is 9.20. The van der Waals surface area contributed by atoms with Crippen molar-refractivity contribution in [3.8, 4) is 11.5 Å². The number of sulfonamides is 1. The van der Waals surface area contributed by atoms with Crippen molar-refractivity contribution in [1.29, 1.82) is 0 Å². The van der Waals surface area contributed by atoms with Gasteiger partial charge < -0.3 is 9.47 Å². The summed E-state index contributed by atoms with van der Waals surface area (Å²) in [6, 6.07) is 20.5. The van der Waals surface area contributed by atoms with Crippen LogP contribution in [-0.2, 0) is 16.6 Å². The maximum absolute atomic E-state index is 13.5. The van der Waals surface area contributed by atoms with Gasteiger partial charge in [0.05, 0.1) is 30.8 Å². The Bertz CT molecular complexity index is 1050. The molecule has 0 aliphatic heterocycles. The molecule has 0 amide bonds. The van der Waals surface area contributed by atoms with Gasteiger partial charge in [0, 0.05) is 5.02 Å². The highest BCUT2D eigenvalue weighted by molar-refractivity contribution is 7.92. The fraction of sp³-hybridized carbons (Fsp3) is 0.182. The van der Waals surface area contributed by atoms with Crippen LogP contribution in [0.5, 0.6) is 11.5 Å². The highest BCUT2D eigenvalue weighted by atomic mass is 35.5. The smallest absolute Gasteiger partial charge is 0.264 e. The van der Waals surface area contributed by atoms with Crippen molar-refractivity contribution in [2.45, 2.75) is 18.4 Å². The van der Waals surface area contributed by atoms with E-state index >= 15 is 0 Å². The first-order valence-corrected chi connectivity index (χ1v) is 10.9. The average molecular weight is 432 g/mol. The quantitative estimate of drug-likeness (QED) is 0.495. The maximum Gasteiger partial charge on any atom is 0.264 e. The van der Waals surface area contributed by atoms with Crippen molar-refractivity contribution < 1.29 is 17.9 Å². The molecule has 0 atom stereocenters. The van der Waals surface area contributed by atoms with E-state index in [0.717, 1.165) is 0 Å². The van der Waals surface area contributed by atoms with Crippen LogP contribution < -0.4 is 13.8 Å². The van der Waals surface area contributed by atoms with Gasteiger partial charge >= 0.3 is 0 Å². The van der Waals surface area contributed by atoms with Crippen molar-refractivity contribution in [2.24, 2.45) is 0 Å². The minimum absolute atomic E-state index is 0.0992. The number of nitrogens with zero attached hydrogens (tertiary/aromatic N) is 1. The Hall–Kier alpha value is -2.70. The summed E-state index contributed by atoms with van der Waals surface area (Å²) in [6.07, 6.45) is 0. The first kappa shape index (κ1) is 21.0. The standard InChI is InChI=1S/C22H22ClNO4S/c1-3-28-20-10-8-18(9-11-20)24(16-17-6-4-5-7-22(17)23)29(25,26)21-14-12-19(27-2)13-15-21/h4-15H,3,16H2,1-2H3. The summed E-state index contributed by atoms with van der Waals surface area (Å²) < 4.78 is 38.9. The van der Waals surface area contributed by atoms with Gasteiger partial charge in [-0.05, 0) is 67.1 Å². The lowest BCUT2D eigenvalue weighted by Gasteiger charge is -2.25. The maximum atomic E-state index is 13.5. The molecule has 5 nitrogen and oxygen atoms in total. The topological polar surface area (TPSA) is 55.8 Å². The molecule has 0 aliphatic rings. The summed E-state index contributed by atoms with van der Waals surface area (Å²) in [5.74, 6) is 1.26. The van der Waals surface area contributed by atoms with E-state index in [1.54, 1.807) is 42.5 Å². The molecular formula is C22H22ClNO4S. The number of hydrogen-bond donors (Lipinski definition) is 0. The monoisotopic (exact) mass is 431 g/mol. The van der Waals surface area contributed by atoms with Crippen molar-refractivity contribution in [3.05, 3.63) is 83.4 Å². The number of ether oxygens (including phenoxy) is 2. The molecule has 0 aromatic heterocycles. The van der Waals surface area contributed by atoms with Gasteiger partial charge in [0.1, 0.15) is 11.5 Å². The largest absolute Gasteiger partial charge is 0.497 e. The average Bonchev–Trinajstić information content (AvgIpc) is 2.74. The number of benzene rings is 3. The molecule has 0 saturated heterocycles. The molecule has 3 aromatic rings. The van der Waals surface area contributed by atoms with E-state index in [2.05, 4.69) is 0 Å². The van der Waals surface area contributed by atoms with Crippen LogP contribution in [0.4, 0.5) is 5.69 Å². The zero-order valence-corrected chi connectivity index (χ0v) is 17.8. The normalized spacial score (nSPS) is 11.1. The van der Waals surface area contributed by atoms with E-state index in [1.165, 1.54) is 23.5 Å². The highest BCUT2D eigenvalue weighted by Crippen LogP contribution is 2.30. The zero-order valence-electron chi connectivity index (χ0n) is 16.2. The van der Waals surface area contributed by atoms with Crippen molar-refractivity contribution in [1.82, 2.24) is 0 Å². The predicted octanol–water partition coefficient (Wildman–Crippen LogP) is 5.14. The number of anilines is 1. The molecule has 0 spiro atoms. The number of halogens is 1. The van der Waals surface area contributed by atoms with Crippen LogP contribution in [0.25, 0.3) is 0 Å². The Labute approximate surface area is 176 Å². The molecule has 0 fully saturated rings. The molecule has 0 bridgehead atoms. The summed E-state index contributed by atoms with van der Waals surface area (Å²) in [7, 11) is -2.31. The molecule has 0 N–H and O–H groups in total. The van der Waals surface area contributed by atoms with Crippen molar-refractivity contribution in [2.75, 3.05) is 18.0 Å². The van der Waals surface area contributed by atoms with Crippen LogP contribution in [0.15, 0.2) is 77.7 Å². The molecule has 7 heteroatoms. The SMILES string of the molecule is CCOc1ccc(N(Cc2ccccc2Cl)S(=O)(=O)c2ccc(OC)cc2)cc1. The Morgan fingerprint density at radius 1 is 0.897 bits per heavy atom. The molecule has 3 aromatic carbocycles. The van der Waals surface area contributed by atoms with Gasteiger partial charge in [-0.2, -0.15) is 0 Å². The molecule has 0 heterocycles. The minimum Gasteiger partial charge on any atom is -0.497 e. The van der Waals surface area contributed by atoms with E-state index in [9.17, 15) is 8.42 Å². The van der Waals surface area contributed by atoms with Crippen molar-refractivity contribution in [3.63, 3.8) is 0 Å². The molecule has 3 rings (SSSR count). The predicted molar refractivity (Wildman–Crippen MR) is 115 cm³/mol. The van der Waals surface area contributed by atoms with Crippen LogP contribution >= 0.6 is 11.6 Å². The molecule has 0 unspecified atom stereocenters. The second-order valence-corrected chi connectivity index (χ2v) is 8.48. The number of hydrogen-bond acceptors (Lipinski definition) is 4. The zero-order chi connectivity index (χ0) is 20.9. The summed E-state index contributed by atoms with van der Waals surface area (Å²) in [4.78, 5) is 0.166. The number of rotatable bonds is 8. The van der Waals surface area contributed by atoms with E-state index in [1.807, 2.05) is 25.1 Å². The lowest BCUT2D eigenvalue weighted by Crippen LogP contribution is -2.30. The summed E-state index contributed by atoms with van der Waals surface area (Å²) in [5, 5.41) is 0.508. The Morgan fingerprint density at radius 2 is 1.52 bits per heavy atom. The van der Waals surface area contributed by atoms with Gasteiger partial charge in [0.2, 0.25) is 0 Å². The fourth-order valence-corrected chi connectivity index (χ4v) is 4.48. The van der Waals surface area contributed by atoms with Gasteiger partial charge in [0.15, 0.2) is 0 Å². The summed E-state index contributed by atoms with van der Waals surface area (Å²) in [5.41, 5.74) is 1.23. The highest BCUT2D eigenvalue weighted by Gasteiger charge is 2.26. The van der Waals surface area contributed by atoms with Gasteiger partial charge in [-0.15, -0.1) is 0 Å². The Kier molecular flexibility index (Phi) is 6.67. The van der Waals surface area contributed by atoms with Crippen LogP contribution in [0, 0.1) is 0 Å². The second-order valence-electron chi connectivity index (χ2n) is 6.21. The van der Waals surface area contributed by atoms with E-state index in [0.29, 0.717) is 34.4 Å². The number of methoxy groups -OCH3 is 1. The minimum atomic E-state index is -3.84. The Balaban J connectivity index is 2.04. The van der Waals surface area contributed by atoms with Crippen LogP contribution in [0.2, 0.25) is 5.02 Å². The summed E-state index contributed by atoms with van der Waals surface area (Å²) in [6.45, 7) is 2.53. The molecule has 29 heavy (non-hydrogen) atoms. The van der Waals surface area contributed by atoms with Crippen LogP contribution in [0.3, 0.4) is 0 Å². The fourth-order valence-electron chi connectivity index (χ4n) is 2.85. The third-order valence-corrected chi connectivity index (χ3v) is 6.51. The third-order valence-electron chi connectivity index (χ3n) is 4.35. The van der Waals surface area contributed by atoms with Crippen LogP contribution in [-0.4, -0.2) is 22.1 Å². The van der Waals surface area contributed by atoms with E-state index < -0.39 is 10.0 Å². The van der Waals surface area contributed by atoms with E-state index in [4.69, 9.17) is 21.1 Å². The lowest BCUT2D eigenvalue weighted by molar-refractivity contribution is 0.340. The van der Waals surface area contributed by atoms with Crippen LogP contribution in [0.1, 0.15) is 12.5 Å². The molecule has 152 valence electrons. The molecule has 0 saturated carbocycles. The lowest BCUT2D eigenvalue weighted by atomic mass is 10.2. The van der Waals surface area contributed by atoms with Gasteiger partial charge in [-0.3, -0.25) is 4.31 Å². The summed E-state index contributed by atoms with van der Waals surface area (Å²) >= 11 is 6.30. The first-order chi connectivity index (χ1) is 14.0. The Morgan fingerprint density at radius 3 is 2.10 bits per heavy atom. The first-order valence-electron chi connectivity index (χ1n) is 9.08. The van der Waals surface area contributed by atoms with Crippen molar-refractivity contribution >= 4 is 27.3 Å². The van der Waals surface area contributed by atoms with Gasteiger partial charge in [-0.25, -0.2) is 8.42 Å². The van der Waals surface area contributed by atoms with E-state index in [-0.39, 0.29) is 11.4 Å². The third kappa shape index (κ3) is 4.83.